The van der Waals surface area contributed by atoms with Crippen LogP contribution in [0.3, 0.4) is 0 Å². The molecule has 3 rings (SSSR count). The molecule has 2 amide bonds. The van der Waals surface area contributed by atoms with Crippen molar-refractivity contribution in [2.75, 3.05) is 11.4 Å². The Hall–Kier alpha value is -3.35. The SMILES string of the molecule is C[C@@H]1Oc2ccccc2N(CCC(=O)N[C@@H](C(=O)O)c2ccccc2)C1=O. The lowest BCUT2D eigenvalue weighted by molar-refractivity contribution is -0.142. The van der Waals surface area contributed by atoms with Crippen LogP contribution < -0.4 is 15.0 Å². The number of ether oxygens (including phenoxy) is 1. The predicted octanol–water partition coefficient (Wildman–Crippen LogP) is 2.13. The maximum atomic E-state index is 12.4. The fraction of sp³-hybridized carbons (Fsp3) is 0.250. The molecule has 7 heteroatoms. The molecule has 2 N–H and O–H groups in total. The molecule has 2 aromatic carbocycles. The Bertz CT molecular complexity index is 852. The number of hydrogen-bond donors (Lipinski definition) is 2. The van der Waals surface area contributed by atoms with Crippen LogP contribution >= 0.6 is 0 Å². The van der Waals surface area contributed by atoms with Gasteiger partial charge >= 0.3 is 5.97 Å². The first kappa shape index (κ1) is 18.4. The molecule has 0 bridgehead atoms. The molecule has 0 spiro atoms. The predicted molar refractivity (Wildman–Crippen MR) is 98.5 cm³/mol. The fourth-order valence-corrected chi connectivity index (χ4v) is 2.97. The van der Waals surface area contributed by atoms with Crippen molar-refractivity contribution in [1.82, 2.24) is 5.32 Å². The van der Waals surface area contributed by atoms with E-state index in [9.17, 15) is 19.5 Å². The Morgan fingerprint density at radius 2 is 1.81 bits per heavy atom. The summed E-state index contributed by atoms with van der Waals surface area (Å²) in [5.74, 6) is -1.25. The van der Waals surface area contributed by atoms with Gasteiger partial charge in [-0.3, -0.25) is 9.59 Å². The largest absolute Gasteiger partial charge is 0.479 e. The highest BCUT2D eigenvalue weighted by Crippen LogP contribution is 2.33. The van der Waals surface area contributed by atoms with E-state index in [1.54, 1.807) is 55.5 Å². The summed E-state index contributed by atoms with van der Waals surface area (Å²) in [7, 11) is 0. The lowest BCUT2D eigenvalue weighted by Crippen LogP contribution is -2.46. The van der Waals surface area contributed by atoms with E-state index in [0.717, 1.165) is 0 Å². The lowest BCUT2D eigenvalue weighted by atomic mass is 10.1. The molecule has 0 radical (unpaired) electrons. The molecule has 0 unspecified atom stereocenters. The molecule has 7 nitrogen and oxygen atoms in total. The summed E-state index contributed by atoms with van der Waals surface area (Å²) in [6, 6.07) is 14.5. The molecule has 0 saturated carbocycles. The zero-order chi connectivity index (χ0) is 19.4. The smallest absolute Gasteiger partial charge is 0.330 e. The van der Waals surface area contributed by atoms with Crippen molar-refractivity contribution in [2.45, 2.75) is 25.5 Å². The van der Waals surface area contributed by atoms with E-state index < -0.39 is 24.0 Å². The Labute approximate surface area is 156 Å². The summed E-state index contributed by atoms with van der Waals surface area (Å²) >= 11 is 0. The second-order valence-corrected chi connectivity index (χ2v) is 6.22. The van der Waals surface area contributed by atoms with Crippen LogP contribution in [0, 0.1) is 0 Å². The number of carbonyl (C=O) groups is 3. The van der Waals surface area contributed by atoms with E-state index in [1.165, 1.54) is 4.90 Å². The fourth-order valence-electron chi connectivity index (χ4n) is 2.97. The molecule has 140 valence electrons. The molecule has 0 aliphatic carbocycles. The number of amides is 2. The monoisotopic (exact) mass is 368 g/mol. The van der Waals surface area contributed by atoms with Crippen LogP contribution in [-0.2, 0) is 14.4 Å². The van der Waals surface area contributed by atoms with Gasteiger partial charge in [0.2, 0.25) is 5.91 Å². The van der Waals surface area contributed by atoms with Crippen LogP contribution in [0.1, 0.15) is 24.9 Å². The second-order valence-electron chi connectivity index (χ2n) is 6.22. The Kier molecular flexibility index (Phi) is 5.40. The van der Waals surface area contributed by atoms with Crippen molar-refractivity contribution < 1.29 is 24.2 Å². The molecular weight excluding hydrogens is 348 g/mol. The van der Waals surface area contributed by atoms with Crippen molar-refractivity contribution in [2.24, 2.45) is 0 Å². The summed E-state index contributed by atoms with van der Waals surface area (Å²) in [6.45, 7) is 1.79. The van der Waals surface area contributed by atoms with Gasteiger partial charge in [0.15, 0.2) is 12.1 Å². The average Bonchev–Trinajstić information content (AvgIpc) is 2.67. The van der Waals surface area contributed by atoms with Crippen LogP contribution in [0.25, 0.3) is 0 Å². The molecule has 2 atom stereocenters. The van der Waals surface area contributed by atoms with Crippen LogP contribution in [0.15, 0.2) is 54.6 Å². The van der Waals surface area contributed by atoms with Crippen molar-refractivity contribution in [3.05, 3.63) is 60.2 Å². The first-order valence-corrected chi connectivity index (χ1v) is 8.61. The number of para-hydroxylation sites is 2. The molecular formula is C20H20N2O5. The van der Waals surface area contributed by atoms with Crippen LogP contribution in [0.2, 0.25) is 0 Å². The van der Waals surface area contributed by atoms with Crippen LogP contribution in [0.4, 0.5) is 5.69 Å². The van der Waals surface area contributed by atoms with Gasteiger partial charge in [0, 0.05) is 13.0 Å². The van der Waals surface area contributed by atoms with Crippen LogP contribution in [0.5, 0.6) is 5.75 Å². The number of carboxylic acid groups (broad SMARTS) is 1. The minimum atomic E-state index is -1.14. The Morgan fingerprint density at radius 1 is 1.15 bits per heavy atom. The van der Waals surface area contributed by atoms with Crippen molar-refractivity contribution >= 4 is 23.5 Å². The molecule has 0 fully saturated rings. The highest BCUT2D eigenvalue weighted by molar-refractivity contribution is 6.00. The van der Waals surface area contributed by atoms with Gasteiger partial charge in [-0.2, -0.15) is 0 Å². The Balaban J connectivity index is 1.68. The van der Waals surface area contributed by atoms with E-state index in [0.29, 0.717) is 17.0 Å². The first-order valence-electron chi connectivity index (χ1n) is 8.61. The number of anilines is 1. The zero-order valence-corrected chi connectivity index (χ0v) is 14.8. The average molecular weight is 368 g/mol. The summed E-state index contributed by atoms with van der Waals surface area (Å²) in [5.41, 5.74) is 1.09. The molecule has 2 aromatic rings. The van der Waals surface area contributed by atoms with Gasteiger partial charge in [0.05, 0.1) is 5.69 Å². The topological polar surface area (TPSA) is 95.9 Å². The lowest BCUT2D eigenvalue weighted by Gasteiger charge is -2.32. The van der Waals surface area contributed by atoms with Crippen molar-refractivity contribution in [3.8, 4) is 5.75 Å². The highest BCUT2D eigenvalue weighted by Gasteiger charge is 2.31. The molecule has 0 aromatic heterocycles. The van der Waals surface area contributed by atoms with Gasteiger partial charge in [-0.25, -0.2) is 4.79 Å². The van der Waals surface area contributed by atoms with E-state index in [-0.39, 0.29) is 18.9 Å². The minimum Gasteiger partial charge on any atom is -0.479 e. The Morgan fingerprint density at radius 3 is 2.52 bits per heavy atom. The highest BCUT2D eigenvalue weighted by atomic mass is 16.5. The number of nitrogens with zero attached hydrogens (tertiary/aromatic N) is 1. The number of carbonyl (C=O) groups excluding carboxylic acids is 2. The van der Waals surface area contributed by atoms with Gasteiger partial charge in [-0.05, 0) is 24.6 Å². The summed E-state index contributed by atoms with van der Waals surface area (Å²) in [4.78, 5) is 37.8. The third kappa shape index (κ3) is 4.08. The van der Waals surface area contributed by atoms with Crippen molar-refractivity contribution in [3.63, 3.8) is 0 Å². The van der Waals surface area contributed by atoms with Gasteiger partial charge in [0.25, 0.3) is 5.91 Å². The quantitative estimate of drug-likeness (QED) is 0.814. The van der Waals surface area contributed by atoms with Crippen molar-refractivity contribution in [1.29, 1.82) is 0 Å². The molecule has 27 heavy (non-hydrogen) atoms. The van der Waals surface area contributed by atoms with E-state index in [1.807, 2.05) is 6.07 Å². The first-order chi connectivity index (χ1) is 13.0. The molecule has 1 aliphatic rings. The number of carboxylic acids is 1. The maximum absolute atomic E-state index is 12.4. The number of rotatable bonds is 6. The number of hydrogen-bond acceptors (Lipinski definition) is 4. The van der Waals surface area contributed by atoms with Gasteiger partial charge in [-0.1, -0.05) is 42.5 Å². The molecule has 0 saturated heterocycles. The van der Waals surface area contributed by atoms with Gasteiger partial charge < -0.3 is 20.1 Å². The second kappa shape index (κ2) is 7.90. The van der Waals surface area contributed by atoms with Gasteiger partial charge in [0.1, 0.15) is 5.75 Å². The summed E-state index contributed by atoms with van der Waals surface area (Å²) < 4.78 is 5.57. The van der Waals surface area contributed by atoms with Gasteiger partial charge in [-0.15, -0.1) is 0 Å². The molecule has 1 aliphatic heterocycles. The molecule has 1 heterocycles. The zero-order valence-electron chi connectivity index (χ0n) is 14.8. The summed E-state index contributed by atoms with van der Waals surface area (Å²) in [5, 5.41) is 11.9. The number of aliphatic carboxylic acids is 1. The summed E-state index contributed by atoms with van der Waals surface area (Å²) in [6.07, 6.45) is -0.664. The maximum Gasteiger partial charge on any atom is 0.330 e. The third-order valence-corrected chi connectivity index (χ3v) is 4.32. The minimum absolute atomic E-state index is 0.0244. The van der Waals surface area contributed by atoms with E-state index in [4.69, 9.17) is 4.74 Å². The number of benzene rings is 2. The number of nitrogens with one attached hydrogen (secondary N) is 1. The van der Waals surface area contributed by atoms with E-state index in [2.05, 4.69) is 5.32 Å². The normalized spacial score (nSPS) is 16.9. The van der Waals surface area contributed by atoms with E-state index >= 15 is 0 Å². The standard InChI is InChI=1S/C20H20N2O5/c1-13-19(24)22(15-9-5-6-10-16(15)27-13)12-11-17(23)21-18(20(25)26)14-7-3-2-4-8-14/h2-10,13,18H,11-12H2,1H3,(H,21,23)(H,25,26)/t13-,18+/m0/s1. The van der Waals surface area contributed by atoms with Crippen LogP contribution in [-0.4, -0.2) is 35.5 Å². The third-order valence-electron chi connectivity index (χ3n) is 4.32. The number of fused-ring (bicyclic) bond motifs is 1.